The molecule has 0 fully saturated rings. The van der Waals surface area contributed by atoms with E-state index in [9.17, 15) is 25.3 Å². The Labute approximate surface area is 189 Å². The Morgan fingerprint density at radius 3 is 1.29 bits per heavy atom. The fraction of sp³-hybridized carbons (Fsp3) is 0.200. The van der Waals surface area contributed by atoms with Crippen LogP contribution in [0.2, 0.25) is 0 Å². The number of benzene rings is 2. The molecule has 2 aromatic rings. The van der Waals surface area contributed by atoms with Crippen molar-refractivity contribution in [3.63, 3.8) is 0 Å². The minimum absolute atomic E-state index is 0.0406. The van der Waals surface area contributed by atoms with Crippen molar-refractivity contribution in [3.8, 4) is 0 Å². The number of sulfone groups is 2. The second-order valence-electron chi connectivity index (χ2n) is 5.68. The summed E-state index contributed by atoms with van der Waals surface area (Å²) in [5.41, 5.74) is 0. The summed E-state index contributed by atoms with van der Waals surface area (Å²) in [4.78, 5) is -0.388. The van der Waals surface area contributed by atoms with E-state index in [0.29, 0.717) is 0 Å². The third-order valence-electron chi connectivity index (χ3n) is 3.66. The molecule has 0 unspecified atom stereocenters. The molecule has 0 saturated carbocycles. The van der Waals surface area contributed by atoms with Gasteiger partial charge in [0.2, 0.25) is 31.2 Å². The van der Waals surface area contributed by atoms with Crippen molar-refractivity contribution in [2.45, 2.75) is 21.1 Å². The van der Waals surface area contributed by atoms with Crippen molar-refractivity contribution in [2.75, 3.05) is 14.1 Å². The Morgan fingerprint density at radius 2 is 0.964 bits per heavy atom. The Kier molecular flexibility index (Phi) is 6.92. The molecule has 2 rings (SSSR count). The summed E-state index contributed by atoms with van der Waals surface area (Å²) < 4.78 is 73.8. The summed E-state index contributed by atoms with van der Waals surface area (Å²) in [5.74, 6) is 0. The first-order valence-electron chi connectivity index (χ1n) is 7.31. The summed E-state index contributed by atoms with van der Waals surface area (Å²) in [6.07, 6.45) is 0. The van der Waals surface area contributed by atoms with Crippen LogP contribution in [0.5, 0.6) is 0 Å². The second-order valence-corrected chi connectivity index (χ2v) is 20.2. The molecule has 28 heavy (non-hydrogen) atoms. The molecule has 0 aliphatic rings. The predicted molar refractivity (Wildman–Crippen MR) is 116 cm³/mol. The molecule has 0 aliphatic heterocycles. The molecule has 0 heterocycles. The van der Waals surface area contributed by atoms with Gasteiger partial charge in [-0.2, -0.15) is 0 Å². The van der Waals surface area contributed by atoms with E-state index in [1.807, 2.05) is 0 Å². The van der Waals surface area contributed by atoms with Gasteiger partial charge in [0.1, 0.15) is 0 Å². The molecule has 154 valence electrons. The van der Waals surface area contributed by atoms with E-state index in [4.69, 9.17) is 0 Å². The van der Waals surface area contributed by atoms with Crippen molar-refractivity contribution in [1.29, 1.82) is 0 Å². The van der Waals surface area contributed by atoms with E-state index < -0.39 is 31.2 Å². The monoisotopic (exact) mass is 637 g/mol. The molecular weight excluding hydrogens is 626 g/mol. The molecule has 0 bridgehead atoms. The zero-order valence-corrected chi connectivity index (χ0v) is 21.6. The first-order valence-corrected chi connectivity index (χ1v) is 14.1. The molecule has 13 heteroatoms. The van der Waals surface area contributed by atoms with Gasteiger partial charge in [-0.25, -0.2) is 29.6 Å². The topological polar surface area (TPSA) is 106 Å². The average molecular weight is 640 g/mol. The van der Waals surface area contributed by atoms with Gasteiger partial charge in [0.25, 0.3) is 0 Å². The highest BCUT2D eigenvalue weighted by molar-refractivity contribution is 9.42. The highest BCUT2D eigenvalue weighted by atomic mass is 80.0. The van der Waals surface area contributed by atoms with Crippen molar-refractivity contribution in [3.05, 3.63) is 48.5 Å². The van der Waals surface area contributed by atoms with Crippen LogP contribution in [0.15, 0.2) is 68.1 Å². The molecule has 0 aliphatic carbocycles. The van der Waals surface area contributed by atoms with Crippen LogP contribution in [0, 0.1) is 0 Å². The minimum atomic E-state index is -3.96. The van der Waals surface area contributed by atoms with E-state index in [1.54, 1.807) is 0 Å². The van der Waals surface area contributed by atoms with E-state index in [2.05, 4.69) is 47.8 Å². The van der Waals surface area contributed by atoms with Crippen LogP contribution in [0.3, 0.4) is 0 Å². The third kappa shape index (κ3) is 4.55. The third-order valence-corrected chi connectivity index (χ3v) is 12.6. The van der Waals surface area contributed by atoms with E-state index >= 15 is 0 Å². The Hall–Kier alpha value is -0.310. The van der Waals surface area contributed by atoms with Gasteiger partial charge in [0, 0.05) is 14.1 Å². The number of sulfonamides is 1. The van der Waals surface area contributed by atoms with Crippen molar-refractivity contribution in [1.82, 2.24) is 4.31 Å². The number of hydrogen-bond acceptors (Lipinski definition) is 6. The van der Waals surface area contributed by atoms with Crippen LogP contribution in [0.25, 0.3) is 0 Å². The van der Waals surface area contributed by atoms with Crippen LogP contribution in [-0.2, 0) is 29.7 Å². The molecule has 0 aromatic heterocycles. The lowest BCUT2D eigenvalue weighted by Gasteiger charge is -2.14. The quantitative estimate of drug-likeness (QED) is 0.465. The van der Waals surface area contributed by atoms with Gasteiger partial charge in [-0.05, 0) is 96.3 Å². The largest absolute Gasteiger partial charge is 0.242 e. The maximum atomic E-state index is 12.7. The van der Waals surface area contributed by atoms with Gasteiger partial charge in [0.15, 0.2) is 0 Å². The maximum absolute atomic E-state index is 12.7. The first kappa shape index (κ1) is 24.0. The van der Waals surface area contributed by atoms with Crippen molar-refractivity contribution >= 4 is 77.5 Å². The average Bonchev–Trinajstić information content (AvgIpc) is 2.60. The van der Waals surface area contributed by atoms with Crippen molar-refractivity contribution < 1.29 is 25.3 Å². The van der Waals surface area contributed by atoms with Crippen LogP contribution in [-0.4, -0.2) is 45.1 Å². The number of alkyl halides is 3. The van der Waals surface area contributed by atoms with E-state index in [1.165, 1.54) is 62.6 Å². The van der Waals surface area contributed by atoms with Gasteiger partial charge >= 0.3 is 0 Å². The molecule has 0 amide bonds. The highest BCUT2D eigenvalue weighted by Gasteiger charge is 2.37. The fourth-order valence-electron chi connectivity index (χ4n) is 2.07. The molecular formula is C15H14Br3NO6S3. The lowest BCUT2D eigenvalue weighted by atomic mass is 10.4. The van der Waals surface area contributed by atoms with Crippen LogP contribution < -0.4 is 0 Å². The SMILES string of the molecule is CN(C)S(=O)(=O)c1ccc(S(=O)(=O)c2ccc(S(=O)(=O)C(Br)(Br)Br)cc2)cc1. The summed E-state index contributed by atoms with van der Waals surface area (Å²) >= 11 is 8.82. The van der Waals surface area contributed by atoms with Gasteiger partial charge in [-0.3, -0.25) is 0 Å². The number of halogens is 3. The first-order chi connectivity index (χ1) is 12.6. The Balaban J connectivity index is 2.43. The number of rotatable bonds is 5. The number of hydrogen-bond donors (Lipinski definition) is 0. The van der Waals surface area contributed by atoms with Crippen LogP contribution in [0.1, 0.15) is 0 Å². The second kappa shape index (κ2) is 8.08. The normalized spacial score (nSPS) is 13.6. The van der Waals surface area contributed by atoms with Gasteiger partial charge < -0.3 is 0 Å². The van der Waals surface area contributed by atoms with Crippen LogP contribution in [0.4, 0.5) is 0 Å². The minimum Gasteiger partial charge on any atom is -0.220 e. The summed E-state index contributed by atoms with van der Waals surface area (Å²) in [5, 5.41) is 0. The maximum Gasteiger partial charge on any atom is 0.242 e. The zero-order valence-electron chi connectivity index (χ0n) is 14.4. The van der Waals surface area contributed by atoms with Gasteiger partial charge in [-0.1, -0.05) is 0 Å². The summed E-state index contributed by atoms with van der Waals surface area (Å²) in [7, 11) is -8.74. The van der Waals surface area contributed by atoms with Crippen molar-refractivity contribution in [2.24, 2.45) is 0 Å². The smallest absolute Gasteiger partial charge is 0.220 e. The molecule has 0 saturated heterocycles. The molecule has 0 spiro atoms. The Morgan fingerprint density at radius 1 is 0.643 bits per heavy atom. The lowest BCUT2D eigenvalue weighted by Crippen LogP contribution is -2.22. The number of nitrogens with zero attached hydrogens (tertiary/aromatic N) is 1. The van der Waals surface area contributed by atoms with Crippen LogP contribution >= 0.6 is 47.8 Å². The van der Waals surface area contributed by atoms with Gasteiger partial charge in [0.05, 0.1) is 19.6 Å². The summed E-state index contributed by atoms with van der Waals surface area (Å²) in [6, 6.07) is 9.48. The van der Waals surface area contributed by atoms with Gasteiger partial charge in [-0.15, -0.1) is 0 Å². The highest BCUT2D eigenvalue weighted by Crippen LogP contribution is 2.43. The molecule has 2 aromatic carbocycles. The molecule has 0 atom stereocenters. The zero-order chi connectivity index (χ0) is 21.5. The molecule has 7 nitrogen and oxygen atoms in total. The molecule has 0 radical (unpaired) electrons. The lowest BCUT2D eigenvalue weighted by molar-refractivity contribution is 0.520. The van der Waals surface area contributed by atoms with E-state index in [-0.39, 0.29) is 19.6 Å². The summed E-state index contributed by atoms with van der Waals surface area (Å²) in [6.45, 7) is 0. The predicted octanol–water partition coefficient (Wildman–Crippen LogP) is 3.34. The van der Waals surface area contributed by atoms with E-state index in [0.717, 1.165) is 4.31 Å². The molecule has 0 N–H and O–H groups in total. The Bertz CT molecular complexity index is 1180. The fourth-order valence-corrected chi connectivity index (χ4v) is 6.68. The standard InChI is InChI=1S/C15H14Br3NO6S3/c1-19(2)28(24,25)14-9-5-12(6-10-14)26(20,21)11-3-7-13(8-4-11)27(22,23)15(16,17)18/h3-10H,1-2H3.